The van der Waals surface area contributed by atoms with Crippen LogP contribution in [0.25, 0.3) is 0 Å². The topological polar surface area (TPSA) is 43.4 Å². The zero-order valence-corrected chi connectivity index (χ0v) is 11.1. The van der Waals surface area contributed by atoms with Crippen LogP contribution in [-0.4, -0.2) is 17.9 Å². The van der Waals surface area contributed by atoms with Gasteiger partial charge in [-0.3, -0.25) is 9.59 Å². The fourth-order valence-electron chi connectivity index (χ4n) is 1.51. The number of carbonyl (C=O) groups is 2. The van der Waals surface area contributed by atoms with Gasteiger partial charge in [0.1, 0.15) is 0 Å². The number of hydrogen-bond acceptors (Lipinski definition) is 3. The minimum atomic E-state index is -0.566. The number of rotatable bonds is 6. The van der Waals surface area contributed by atoms with Crippen LogP contribution in [0.1, 0.15) is 60.3 Å². The Morgan fingerprint density at radius 2 is 1.75 bits per heavy atom. The van der Waals surface area contributed by atoms with Crippen LogP contribution in [-0.2, 0) is 14.3 Å². The first-order valence-corrected chi connectivity index (χ1v) is 6.00. The summed E-state index contributed by atoms with van der Waals surface area (Å²) in [5.74, 6) is -0.363. The number of unbranched alkanes of at least 4 members (excludes halogenated alkanes) is 2. The summed E-state index contributed by atoms with van der Waals surface area (Å²) in [6.07, 6.45) is 3.16. The van der Waals surface area contributed by atoms with Crippen LogP contribution in [0.15, 0.2) is 0 Å². The van der Waals surface area contributed by atoms with Gasteiger partial charge in [-0.2, -0.15) is 0 Å². The van der Waals surface area contributed by atoms with E-state index in [1.807, 2.05) is 20.8 Å². The molecule has 0 radical (unpaired) electrons. The Labute approximate surface area is 98.6 Å². The summed E-state index contributed by atoms with van der Waals surface area (Å²) in [7, 11) is 0. The van der Waals surface area contributed by atoms with Crippen molar-refractivity contribution in [3.8, 4) is 0 Å². The van der Waals surface area contributed by atoms with E-state index in [9.17, 15) is 9.59 Å². The standard InChI is InChI=1S/C13H24O3/c1-6-7-8-9-11(16-10(2)14)12(15)13(3,4)5/h11H,6-9H2,1-5H3. The van der Waals surface area contributed by atoms with E-state index in [4.69, 9.17) is 4.74 Å². The van der Waals surface area contributed by atoms with Crippen molar-refractivity contribution in [2.75, 3.05) is 0 Å². The number of ether oxygens (including phenoxy) is 1. The molecule has 0 fully saturated rings. The van der Waals surface area contributed by atoms with Gasteiger partial charge in [-0.1, -0.05) is 40.5 Å². The molecule has 0 saturated carbocycles. The normalized spacial score (nSPS) is 13.3. The van der Waals surface area contributed by atoms with Crippen molar-refractivity contribution in [2.45, 2.75) is 66.4 Å². The maximum Gasteiger partial charge on any atom is 0.303 e. The Kier molecular flexibility index (Phi) is 6.31. The molecule has 0 aromatic heterocycles. The fourth-order valence-corrected chi connectivity index (χ4v) is 1.51. The van der Waals surface area contributed by atoms with E-state index in [0.717, 1.165) is 19.3 Å². The van der Waals surface area contributed by atoms with Crippen molar-refractivity contribution in [3.05, 3.63) is 0 Å². The molecule has 0 aromatic carbocycles. The third kappa shape index (κ3) is 5.89. The molecule has 0 bridgehead atoms. The smallest absolute Gasteiger partial charge is 0.303 e. The lowest BCUT2D eigenvalue weighted by Crippen LogP contribution is -2.35. The fraction of sp³-hybridized carbons (Fsp3) is 0.846. The summed E-state index contributed by atoms with van der Waals surface area (Å²) in [5.41, 5.74) is -0.452. The maximum absolute atomic E-state index is 12.0. The zero-order valence-electron chi connectivity index (χ0n) is 11.1. The lowest BCUT2D eigenvalue weighted by Gasteiger charge is -2.24. The van der Waals surface area contributed by atoms with E-state index in [-0.39, 0.29) is 11.8 Å². The highest BCUT2D eigenvalue weighted by Gasteiger charge is 2.31. The number of Topliss-reactive ketones (excluding diaryl/α,β-unsaturated/α-hetero) is 1. The molecule has 1 unspecified atom stereocenters. The van der Waals surface area contributed by atoms with Crippen molar-refractivity contribution in [1.29, 1.82) is 0 Å². The molecule has 0 aliphatic rings. The number of hydrogen-bond donors (Lipinski definition) is 0. The summed E-state index contributed by atoms with van der Waals surface area (Å²) in [4.78, 5) is 23.0. The van der Waals surface area contributed by atoms with Crippen molar-refractivity contribution < 1.29 is 14.3 Å². The van der Waals surface area contributed by atoms with Gasteiger partial charge in [-0.25, -0.2) is 0 Å². The molecule has 0 aliphatic carbocycles. The molecule has 1 atom stereocenters. The van der Waals surface area contributed by atoms with E-state index in [1.165, 1.54) is 6.92 Å². The van der Waals surface area contributed by atoms with Crippen molar-refractivity contribution >= 4 is 11.8 Å². The maximum atomic E-state index is 12.0. The van der Waals surface area contributed by atoms with E-state index < -0.39 is 11.5 Å². The van der Waals surface area contributed by atoms with Gasteiger partial charge in [0.2, 0.25) is 0 Å². The molecule has 0 aromatic rings. The molecule has 0 saturated heterocycles. The molecule has 0 heterocycles. The molecule has 3 heteroatoms. The Hall–Kier alpha value is -0.860. The van der Waals surface area contributed by atoms with Crippen LogP contribution in [0, 0.1) is 5.41 Å². The Balaban J connectivity index is 4.42. The molecule has 3 nitrogen and oxygen atoms in total. The van der Waals surface area contributed by atoms with E-state index in [2.05, 4.69) is 6.92 Å². The summed E-state index contributed by atoms with van der Waals surface area (Å²) in [6, 6.07) is 0. The van der Waals surface area contributed by atoms with Crippen molar-refractivity contribution in [1.82, 2.24) is 0 Å². The summed E-state index contributed by atoms with van der Waals surface area (Å²) < 4.78 is 5.10. The van der Waals surface area contributed by atoms with Gasteiger partial charge in [0.05, 0.1) is 0 Å². The number of ketones is 1. The third-order valence-electron chi connectivity index (χ3n) is 2.41. The molecular formula is C13H24O3. The highest BCUT2D eigenvalue weighted by Crippen LogP contribution is 2.21. The van der Waals surface area contributed by atoms with Gasteiger partial charge < -0.3 is 4.74 Å². The van der Waals surface area contributed by atoms with Gasteiger partial charge in [-0.05, 0) is 12.8 Å². The molecule has 0 aliphatic heterocycles. The molecule has 16 heavy (non-hydrogen) atoms. The highest BCUT2D eigenvalue weighted by atomic mass is 16.5. The molecular weight excluding hydrogens is 204 g/mol. The lowest BCUT2D eigenvalue weighted by molar-refractivity contribution is -0.156. The van der Waals surface area contributed by atoms with Crippen molar-refractivity contribution in [2.24, 2.45) is 5.41 Å². The predicted molar refractivity (Wildman–Crippen MR) is 64.2 cm³/mol. The zero-order chi connectivity index (χ0) is 12.8. The first-order chi connectivity index (χ1) is 7.29. The SMILES string of the molecule is CCCCCC(OC(C)=O)C(=O)C(C)(C)C. The second-order valence-electron chi connectivity index (χ2n) is 5.21. The van der Waals surface area contributed by atoms with E-state index in [1.54, 1.807) is 0 Å². The predicted octanol–water partition coefficient (Wildman–Crippen LogP) is 3.11. The molecule has 0 spiro atoms. The van der Waals surface area contributed by atoms with Gasteiger partial charge in [0, 0.05) is 12.3 Å². The first-order valence-electron chi connectivity index (χ1n) is 6.00. The highest BCUT2D eigenvalue weighted by molar-refractivity contribution is 5.89. The lowest BCUT2D eigenvalue weighted by atomic mass is 9.86. The Morgan fingerprint density at radius 1 is 1.19 bits per heavy atom. The Bertz CT molecular complexity index is 238. The molecule has 94 valence electrons. The van der Waals surface area contributed by atoms with Crippen LogP contribution in [0.3, 0.4) is 0 Å². The van der Waals surface area contributed by atoms with Gasteiger partial charge in [-0.15, -0.1) is 0 Å². The molecule has 0 N–H and O–H groups in total. The van der Waals surface area contributed by atoms with Crippen LogP contribution in [0.4, 0.5) is 0 Å². The minimum Gasteiger partial charge on any atom is -0.455 e. The van der Waals surface area contributed by atoms with E-state index in [0.29, 0.717) is 6.42 Å². The molecule has 0 amide bonds. The van der Waals surface area contributed by atoms with Crippen LogP contribution in [0.2, 0.25) is 0 Å². The summed E-state index contributed by atoms with van der Waals surface area (Å²) in [5, 5.41) is 0. The Morgan fingerprint density at radius 3 is 2.12 bits per heavy atom. The van der Waals surface area contributed by atoms with E-state index >= 15 is 0 Å². The molecule has 0 rings (SSSR count). The third-order valence-corrected chi connectivity index (χ3v) is 2.41. The van der Waals surface area contributed by atoms with Gasteiger partial charge in [0.25, 0.3) is 0 Å². The average Bonchev–Trinajstić information content (AvgIpc) is 2.13. The number of carbonyl (C=O) groups excluding carboxylic acids is 2. The van der Waals surface area contributed by atoms with Gasteiger partial charge in [0.15, 0.2) is 11.9 Å². The largest absolute Gasteiger partial charge is 0.455 e. The summed E-state index contributed by atoms with van der Waals surface area (Å²) >= 11 is 0. The second-order valence-corrected chi connectivity index (χ2v) is 5.21. The number of esters is 1. The first kappa shape index (κ1) is 15.1. The quantitative estimate of drug-likeness (QED) is 0.518. The van der Waals surface area contributed by atoms with Gasteiger partial charge >= 0.3 is 5.97 Å². The summed E-state index contributed by atoms with van der Waals surface area (Å²) in [6.45, 7) is 9.01. The van der Waals surface area contributed by atoms with Crippen LogP contribution < -0.4 is 0 Å². The second kappa shape index (κ2) is 6.66. The van der Waals surface area contributed by atoms with Crippen LogP contribution in [0.5, 0.6) is 0 Å². The van der Waals surface area contributed by atoms with Crippen LogP contribution >= 0.6 is 0 Å². The van der Waals surface area contributed by atoms with Crippen molar-refractivity contribution in [3.63, 3.8) is 0 Å². The average molecular weight is 228 g/mol. The minimum absolute atomic E-state index is 0.0128. The monoisotopic (exact) mass is 228 g/mol.